The van der Waals surface area contributed by atoms with Crippen molar-refractivity contribution in [1.29, 1.82) is 0 Å². The van der Waals surface area contributed by atoms with Crippen LogP contribution in [0.1, 0.15) is 35.2 Å². The van der Waals surface area contributed by atoms with Crippen molar-refractivity contribution in [3.05, 3.63) is 41.7 Å². The number of carbonyl (C=O) groups excluding carboxylic acids is 1. The highest BCUT2D eigenvalue weighted by Gasteiger charge is 2.17. The molecule has 22 heavy (non-hydrogen) atoms. The fourth-order valence-electron chi connectivity index (χ4n) is 2.42. The van der Waals surface area contributed by atoms with E-state index in [-0.39, 0.29) is 5.91 Å². The Labute approximate surface area is 128 Å². The Bertz CT molecular complexity index is 799. The lowest BCUT2D eigenvalue weighted by molar-refractivity contribution is 0.102. The largest absolute Gasteiger partial charge is 0.317 e. The Kier molecular flexibility index (Phi) is 3.62. The van der Waals surface area contributed by atoms with E-state index in [4.69, 9.17) is 0 Å². The average Bonchev–Trinajstić information content (AvgIpc) is 3.04. The zero-order valence-corrected chi connectivity index (χ0v) is 12.9. The summed E-state index contributed by atoms with van der Waals surface area (Å²) in [5.41, 5.74) is 2.85. The minimum atomic E-state index is -0.257. The smallest absolute Gasteiger partial charge is 0.276 e. The van der Waals surface area contributed by atoms with Crippen molar-refractivity contribution in [2.24, 2.45) is 0 Å². The molecule has 0 saturated carbocycles. The number of nitrogens with one attached hydrogen (secondary N) is 1. The van der Waals surface area contributed by atoms with E-state index >= 15 is 0 Å². The molecule has 0 bridgehead atoms. The second kappa shape index (κ2) is 5.59. The first-order valence-electron chi connectivity index (χ1n) is 7.25. The topological polar surface area (TPSA) is 77.1 Å². The van der Waals surface area contributed by atoms with Gasteiger partial charge in [-0.2, -0.15) is 5.10 Å². The number of nitrogens with zero attached hydrogens (tertiary/aromatic N) is 5. The van der Waals surface area contributed by atoms with Gasteiger partial charge in [-0.25, -0.2) is 9.97 Å². The molecule has 0 atom stereocenters. The molecule has 3 heterocycles. The SMILES string of the molecule is CCCn1nc(C)c(NC(=O)c2cn3cccnc3n2)c1C. The molecule has 0 aromatic carbocycles. The van der Waals surface area contributed by atoms with Crippen LogP contribution in [0.4, 0.5) is 5.69 Å². The van der Waals surface area contributed by atoms with Crippen LogP contribution in [-0.2, 0) is 6.54 Å². The molecule has 3 aromatic heterocycles. The van der Waals surface area contributed by atoms with Gasteiger partial charge in [0.2, 0.25) is 5.78 Å². The highest BCUT2D eigenvalue weighted by atomic mass is 16.1. The molecule has 0 fully saturated rings. The van der Waals surface area contributed by atoms with Gasteiger partial charge < -0.3 is 5.32 Å². The number of fused-ring (bicyclic) bond motifs is 1. The van der Waals surface area contributed by atoms with Crippen LogP contribution in [0.2, 0.25) is 0 Å². The standard InChI is InChI=1S/C15H18N6O/c1-4-7-21-11(3)13(10(2)19-21)18-14(22)12-9-20-8-5-6-16-15(20)17-12/h5-6,8-9H,4,7H2,1-3H3,(H,18,22). The second-order valence-corrected chi connectivity index (χ2v) is 5.18. The lowest BCUT2D eigenvalue weighted by atomic mass is 10.3. The van der Waals surface area contributed by atoms with Crippen LogP contribution in [0.25, 0.3) is 5.78 Å². The minimum Gasteiger partial charge on any atom is -0.317 e. The monoisotopic (exact) mass is 298 g/mol. The number of carbonyl (C=O) groups is 1. The van der Waals surface area contributed by atoms with Crippen molar-refractivity contribution in [2.75, 3.05) is 5.32 Å². The molecule has 1 amide bonds. The molecule has 0 saturated heterocycles. The molecule has 0 unspecified atom stereocenters. The first-order chi connectivity index (χ1) is 10.6. The Morgan fingerprint density at radius 3 is 2.91 bits per heavy atom. The van der Waals surface area contributed by atoms with Gasteiger partial charge in [0.05, 0.1) is 17.1 Å². The van der Waals surface area contributed by atoms with Crippen molar-refractivity contribution in [1.82, 2.24) is 24.1 Å². The number of hydrogen-bond donors (Lipinski definition) is 1. The minimum absolute atomic E-state index is 0.257. The highest BCUT2D eigenvalue weighted by Crippen LogP contribution is 2.20. The number of anilines is 1. The molecular weight excluding hydrogens is 280 g/mol. The first kappa shape index (κ1) is 14.2. The van der Waals surface area contributed by atoms with E-state index in [0.717, 1.165) is 30.0 Å². The Morgan fingerprint density at radius 2 is 2.18 bits per heavy atom. The summed E-state index contributed by atoms with van der Waals surface area (Å²) in [5, 5.41) is 7.36. The zero-order valence-electron chi connectivity index (χ0n) is 12.9. The number of aryl methyl sites for hydroxylation is 2. The van der Waals surface area contributed by atoms with E-state index in [1.165, 1.54) is 0 Å². The molecule has 114 valence electrons. The molecule has 3 aromatic rings. The Hall–Kier alpha value is -2.70. The second-order valence-electron chi connectivity index (χ2n) is 5.18. The van der Waals surface area contributed by atoms with E-state index in [1.54, 1.807) is 22.9 Å². The van der Waals surface area contributed by atoms with Crippen molar-refractivity contribution in [3.8, 4) is 0 Å². The molecule has 0 aliphatic rings. The number of hydrogen-bond acceptors (Lipinski definition) is 4. The summed E-state index contributed by atoms with van der Waals surface area (Å²) in [4.78, 5) is 20.7. The van der Waals surface area contributed by atoms with Gasteiger partial charge in [-0.3, -0.25) is 13.9 Å². The number of imidazole rings is 1. The van der Waals surface area contributed by atoms with Crippen molar-refractivity contribution < 1.29 is 4.79 Å². The molecule has 3 rings (SSSR count). The molecule has 7 heteroatoms. The zero-order chi connectivity index (χ0) is 15.7. The van der Waals surface area contributed by atoms with Gasteiger partial charge in [0.1, 0.15) is 5.69 Å². The molecule has 0 aliphatic heterocycles. The Morgan fingerprint density at radius 1 is 1.36 bits per heavy atom. The fourth-order valence-corrected chi connectivity index (χ4v) is 2.42. The summed E-state index contributed by atoms with van der Waals surface area (Å²) in [7, 11) is 0. The van der Waals surface area contributed by atoms with Crippen LogP contribution in [0.3, 0.4) is 0 Å². The van der Waals surface area contributed by atoms with Gasteiger partial charge in [-0.1, -0.05) is 6.92 Å². The predicted molar refractivity (Wildman–Crippen MR) is 82.9 cm³/mol. The maximum Gasteiger partial charge on any atom is 0.276 e. The van der Waals surface area contributed by atoms with Crippen LogP contribution in [-0.4, -0.2) is 30.1 Å². The first-order valence-corrected chi connectivity index (χ1v) is 7.25. The van der Waals surface area contributed by atoms with Gasteiger partial charge in [0, 0.05) is 25.1 Å². The average molecular weight is 298 g/mol. The maximum absolute atomic E-state index is 12.4. The lowest BCUT2D eigenvalue weighted by Crippen LogP contribution is -2.13. The summed E-state index contributed by atoms with van der Waals surface area (Å²) in [6.45, 7) is 6.77. The third kappa shape index (κ3) is 2.45. The molecule has 1 N–H and O–H groups in total. The Balaban J connectivity index is 1.88. The third-order valence-electron chi connectivity index (χ3n) is 3.52. The number of aromatic nitrogens is 5. The van der Waals surface area contributed by atoms with E-state index in [9.17, 15) is 4.79 Å². The van der Waals surface area contributed by atoms with Gasteiger partial charge in [0.25, 0.3) is 5.91 Å². The number of amides is 1. The van der Waals surface area contributed by atoms with Crippen LogP contribution < -0.4 is 5.32 Å². The van der Waals surface area contributed by atoms with Crippen molar-refractivity contribution in [3.63, 3.8) is 0 Å². The summed E-state index contributed by atoms with van der Waals surface area (Å²) in [6.07, 6.45) is 6.11. The van der Waals surface area contributed by atoms with Crippen molar-refractivity contribution >= 4 is 17.4 Å². The van der Waals surface area contributed by atoms with Crippen LogP contribution in [0.15, 0.2) is 24.7 Å². The normalized spacial score (nSPS) is 11.0. The summed E-state index contributed by atoms with van der Waals surface area (Å²) < 4.78 is 3.63. The summed E-state index contributed by atoms with van der Waals surface area (Å²) in [5.74, 6) is 0.246. The highest BCUT2D eigenvalue weighted by molar-refractivity contribution is 6.03. The van der Waals surface area contributed by atoms with Gasteiger partial charge in [0.15, 0.2) is 0 Å². The quantitative estimate of drug-likeness (QED) is 0.801. The van der Waals surface area contributed by atoms with Crippen molar-refractivity contribution in [2.45, 2.75) is 33.7 Å². The predicted octanol–water partition coefficient (Wildman–Crippen LogP) is 2.20. The van der Waals surface area contributed by atoms with E-state index in [2.05, 4.69) is 27.3 Å². The van der Waals surface area contributed by atoms with Gasteiger partial charge in [-0.15, -0.1) is 0 Å². The molecule has 7 nitrogen and oxygen atoms in total. The van der Waals surface area contributed by atoms with E-state index in [0.29, 0.717) is 11.5 Å². The molecule has 0 aliphatic carbocycles. The van der Waals surface area contributed by atoms with Crippen LogP contribution in [0.5, 0.6) is 0 Å². The summed E-state index contributed by atoms with van der Waals surface area (Å²) >= 11 is 0. The molecule has 0 spiro atoms. The fraction of sp³-hybridized carbons (Fsp3) is 0.333. The third-order valence-corrected chi connectivity index (χ3v) is 3.52. The van der Waals surface area contributed by atoms with E-state index in [1.807, 2.05) is 24.7 Å². The summed E-state index contributed by atoms with van der Waals surface area (Å²) in [6, 6.07) is 1.79. The van der Waals surface area contributed by atoms with Crippen LogP contribution >= 0.6 is 0 Å². The van der Waals surface area contributed by atoms with Crippen LogP contribution in [0, 0.1) is 13.8 Å². The molecular formula is C15H18N6O. The maximum atomic E-state index is 12.4. The van der Waals surface area contributed by atoms with Gasteiger partial charge >= 0.3 is 0 Å². The molecule has 0 radical (unpaired) electrons. The van der Waals surface area contributed by atoms with E-state index < -0.39 is 0 Å². The van der Waals surface area contributed by atoms with Gasteiger partial charge in [-0.05, 0) is 26.3 Å². The number of rotatable bonds is 4. The lowest BCUT2D eigenvalue weighted by Gasteiger charge is -2.04.